The molecule has 5 heteroatoms. The van der Waals surface area contributed by atoms with Crippen molar-refractivity contribution in [1.29, 1.82) is 5.26 Å². The highest BCUT2D eigenvalue weighted by Crippen LogP contribution is 2.25. The molecule has 1 aliphatic heterocycles. The molecule has 1 aliphatic rings. The maximum Gasteiger partial charge on any atom is 0.197 e. The molecule has 1 unspecified atom stereocenters. The molecule has 134 valence electrons. The fourth-order valence-electron chi connectivity index (χ4n) is 2.96. The Bertz CT molecular complexity index is 804. The minimum atomic E-state index is -0.306. The second-order valence-electron chi connectivity index (χ2n) is 6.33. The van der Waals surface area contributed by atoms with E-state index in [0.717, 1.165) is 16.9 Å². The van der Waals surface area contributed by atoms with Crippen LogP contribution in [0.4, 0.5) is 0 Å². The van der Waals surface area contributed by atoms with E-state index in [4.69, 9.17) is 19.5 Å². The van der Waals surface area contributed by atoms with Gasteiger partial charge < -0.3 is 14.2 Å². The first-order chi connectivity index (χ1) is 12.5. The number of rotatable bonds is 7. The molecule has 1 saturated heterocycles. The SMILES string of the molecule is CC(=O)C(Cc1ccc(OCC2OC(C)O2)cc1)c1cccc(C#N)c1. The zero-order valence-corrected chi connectivity index (χ0v) is 14.8. The molecule has 3 rings (SSSR count). The third kappa shape index (κ3) is 4.48. The smallest absolute Gasteiger partial charge is 0.197 e. The van der Waals surface area contributed by atoms with Gasteiger partial charge in [-0.05, 0) is 55.7 Å². The van der Waals surface area contributed by atoms with Gasteiger partial charge >= 0.3 is 0 Å². The lowest BCUT2D eigenvalue weighted by Crippen LogP contribution is -2.42. The van der Waals surface area contributed by atoms with Gasteiger partial charge in [-0.25, -0.2) is 0 Å². The highest BCUT2D eigenvalue weighted by Gasteiger charge is 2.27. The third-order valence-corrected chi connectivity index (χ3v) is 4.34. The van der Waals surface area contributed by atoms with Crippen molar-refractivity contribution < 1.29 is 19.0 Å². The molecule has 0 bridgehead atoms. The molecule has 0 aromatic heterocycles. The predicted molar refractivity (Wildman–Crippen MR) is 95.6 cm³/mol. The van der Waals surface area contributed by atoms with Gasteiger partial charge in [-0.15, -0.1) is 0 Å². The Morgan fingerprint density at radius 2 is 1.96 bits per heavy atom. The van der Waals surface area contributed by atoms with Crippen molar-refractivity contribution in [2.75, 3.05) is 6.61 Å². The first-order valence-corrected chi connectivity index (χ1v) is 8.58. The summed E-state index contributed by atoms with van der Waals surface area (Å²) < 4.78 is 16.3. The normalized spacial score (nSPS) is 19.9. The average Bonchev–Trinajstić information content (AvgIpc) is 2.63. The van der Waals surface area contributed by atoms with Gasteiger partial charge in [0.2, 0.25) is 0 Å². The summed E-state index contributed by atoms with van der Waals surface area (Å²) in [6.45, 7) is 3.77. The van der Waals surface area contributed by atoms with E-state index in [1.165, 1.54) is 0 Å². The topological polar surface area (TPSA) is 68.6 Å². The molecular formula is C21H21NO4. The van der Waals surface area contributed by atoms with Gasteiger partial charge in [-0.3, -0.25) is 4.79 Å². The van der Waals surface area contributed by atoms with Gasteiger partial charge in [0.15, 0.2) is 12.6 Å². The largest absolute Gasteiger partial charge is 0.488 e. The van der Waals surface area contributed by atoms with E-state index in [1.54, 1.807) is 19.1 Å². The standard InChI is InChI=1S/C21H21NO4/c1-14(23)20(18-5-3-4-17(10-18)12-22)11-16-6-8-19(9-7-16)24-13-21-25-15(2)26-21/h3-10,15,20-21H,11,13H2,1-2H3. The van der Waals surface area contributed by atoms with E-state index in [9.17, 15) is 4.79 Å². The van der Waals surface area contributed by atoms with E-state index >= 15 is 0 Å². The molecular weight excluding hydrogens is 330 g/mol. The highest BCUT2D eigenvalue weighted by molar-refractivity contribution is 5.83. The Balaban J connectivity index is 1.63. The van der Waals surface area contributed by atoms with Crippen LogP contribution < -0.4 is 4.74 Å². The van der Waals surface area contributed by atoms with Gasteiger partial charge in [0.25, 0.3) is 0 Å². The molecule has 5 nitrogen and oxygen atoms in total. The van der Waals surface area contributed by atoms with Gasteiger partial charge in [0, 0.05) is 5.92 Å². The van der Waals surface area contributed by atoms with Crippen LogP contribution in [-0.4, -0.2) is 25.0 Å². The van der Waals surface area contributed by atoms with Gasteiger partial charge in [0.05, 0.1) is 11.6 Å². The molecule has 0 spiro atoms. The number of ether oxygens (including phenoxy) is 3. The van der Waals surface area contributed by atoms with E-state index < -0.39 is 0 Å². The molecule has 0 saturated carbocycles. The van der Waals surface area contributed by atoms with Crippen molar-refractivity contribution >= 4 is 5.78 Å². The molecule has 0 radical (unpaired) electrons. The number of hydrogen-bond acceptors (Lipinski definition) is 5. The summed E-state index contributed by atoms with van der Waals surface area (Å²) in [5.41, 5.74) is 2.46. The van der Waals surface area contributed by atoms with Crippen molar-refractivity contribution in [1.82, 2.24) is 0 Å². The summed E-state index contributed by atoms with van der Waals surface area (Å²) in [7, 11) is 0. The molecule has 0 aliphatic carbocycles. The first kappa shape index (κ1) is 18.1. The molecule has 26 heavy (non-hydrogen) atoms. The molecule has 0 amide bonds. The summed E-state index contributed by atoms with van der Waals surface area (Å²) in [5, 5.41) is 9.06. The molecule has 1 heterocycles. The van der Waals surface area contributed by atoms with Crippen molar-refractivity contribution in [2.24, 2.45) is 0 Å². The molecule has 1 fully saturated rings. The van der Waals surface area contributed by atoms with Crippen LogP contribution in [0.3, 0.4) is 0 Å². The van der Waals surface area contributed by atoms with Gasteiger partial charge in [-0.1, -0.05) is 24.3 Å². The van der Waals surface area contributed by atoms with Crippen LogP contribution in [0.2, 0.25) is 0 Å². The summed E-state index contributed by atoms with van der Waals surface area (Å²) >= 11 is 0. The van der Waals surface area contributed by atoms with Crippen molar-refractivity contribution in [3.05, 3.63) is 65.2 Å². The first-order valence-electron chi connectivity index (χ1n) is 8.58. The minimum Gasteiger partial charge on any atom is -0.488 e. The summed E-state index contributed by atoms with van der Waals surface area (Å²) in [6, 6.07) is 17.0. The third-order valence-electron chi connectivity index (χ3n) is 4.34. The number of carbonyl (C=O) groups is 1. The van der Waals surface area contributed by atoms with Crippen molar-refractivity contribution in [2.45, 2.75) is 38.8 Å². The predicted octanol–water partition coefficient (Wildman–Crippen LogP) is 3.57. The number of nitriles is 1. The molecule has 2 aromatic rings. The highest BCUT2D eigenvalue weighted by atomic mass is 16.9. The molecule has 1 atom stereocenters. The van der Waals surface area contributed by atoms with Crippen LogP contribution >= 0.6 is 0 Å². The van der Waals surface area contributed by atoms with Crippen molar-refractivity contribution in [3.8, 4) is 11.8 Å². The zero-order chi connectivity index (χ0) is 18.5. The number of carbonyl (C=O) groups excluding carboxylic acids is 1. The van der Waals surface area contributed by atoms with Crippen LogP contribution in [0.15, 0.2) is 48.5 Å². The Kier molecular flexibility index (Phi) is 5.67. The van der Waals surface area contributed by atoms with Crippen LogP contribution in [0.1, 0.15) is 36.5 Å². The van der Waals surface area contributed by atoms with E-state index in [0.29, 0.717) is 18.6 Å². The molecule has 2 aromatic carbocycles. The lowest BCUT2D eigenvalue weighted by Gasteiger charge is -2.33. The quantitative estimate of drug-likeness (QED) is 0.763. The van der Waals surface area contributed by atoms with Crippen LogP contribution in [0.5, 0.6) is 5.75 Å². The fraction of sp³-hybridized carbons (Fsp3) is 0.333. The second kappa shape index (κ2) is 8.13. The lowest BCUT2D eigenvalue weighted by molar-refractivity contribution is -0.380. The zero-order valence-electron chi connectivity index (χ0n) is 14.8. The number of Topliss-reactive ketones (excluding diaryl/α,β-unsaturated/α-hetero) is 1. The average molecular weight is 351 g/mol. The van der Waals surface area contributed by atoms with E-state index in [1.807, 2.05) is 43.3 Å². The lowest BCUT2D eigenvalue weighted by atomic mass is 9.88. The Morgan fingerprint density at radius 1 is 1.23 bits per heavy atom. The summed E-state index contributed by atoms with van der Waals surface area (Å²) in [5.74, 6) is 0.536. The second-order valence-corrected chi connectivity index (χ2v) is 6.33. The Labute approximate surface area is 153 Å². The Morgan fingerprint density at radius 3 is 2.58 bits per heavy atom. The van der Waals surface area contributed by atoms with E-state index in [-0.39, 0.29) is 24.3 Å². The maximum absolute atomic E-state index is 12.1. The summed E-state index contributed by atoms with van der Waals surface area (Å²) in [6.07, 6.45) is 0.116. The number of nitrogens with zero attached hydrogens (tertiary/aromatic N) is 1. The number of benzene rings is 2. The minimum absolute atomic E-state index is 0.0776. The van der Waals surface area contributed by atoms with Crippen molar-refractivity contribution in [3.63, 3.8) is 0 Å². The number of ketones is 1. The van der Waals surface area contributed by atoms with E-state index in [2.05, 4.69) is 6.07 Å². The van der Waals surface area contributed by atoms with Crippen LogP contribution in [0, 0.1) is 11.3 Å². The van der Waals surface area contributed by atoms with Crippen LogP contribution in [-0.2, 0) is 20.7 Å². The fourth-order valence-corrected chi connectivity index (χ4v) is 2.96. The van der Waals surface area contributed by atoms with Gasteiger partial charge in [0.1, 0.15) is 18.1 Å². The van der Waals surface area contributed by atoms with Crippen LogP contribution in [0.25, 0.3) is 0 Å². The Hall–Kier alpha value is -2.68. The monoisotopic (exact) mass is 351 g/mol. The summed E-state index contributed by atoms with van der Waals surface area (Å²) in [4.78, 5) is 12.1. The molecule has 0 N–H and O–H groups in total. The number of hydrogen-bond donors (Lipinski definition) is 0. The van der Waals surface area contributed by atoms with Gasteiger partial charge in [-0.2, -0.15) is 5.26 Å². The maximum atomic E-state index is 12.1.